The summed E-state index contributed by atoms with van der Waals surface area (Å²) in [5, 5.41) is 21.0. The van der Waals surface area contributed by atoms with Gasteiger partial charge in [-0.3, -0.25) is 9.09 Å². The zero-order chi connectivity index (χ0) is 20.0. The van der Waals surface area contributed by atoms with E-state index in [1.165, 1.54) is 17.6 Å². The SMILES string of the molecule is C=C(C)C(=O)OCCCn1c(O)c2c(c1O)C1(COP(=O)(O)O)C=CC2O1. The second-order valence-electron chi connectivity index (χ2n) is 6.41. The fraction of sp³-hybridized carbons (Fsp3) is 0.438. The third kappa shape index (κ3) is 3.54. The van der Waals surface area contributed by atoms with E-state index in [0.29, 0.717) is 12.0 Å². The minimum absolute atomic E-state index is 0.0675. The average Bonchev–Trinajstić information content (AvgIpc) is 3.21. The molecule has 3 heterocycles. The van der Waals surface area contributed by atoms with Crippen LogP contribution in [0.3, 0.4) is 0 Å². The average molecular weight is 401 g/mol. The number of fused-ring (bicyclic) bond motifs is 5. The molecule has 3 rings (SSSR count). The summed E-state index contributed by atoms with van der Waals surface area (Å²) in [7, 11) is -4.75. The van der Waals surface area contributed by atoms with Crippen molar-refractivity contribution in [2.45, 2.75) is 31.6 Å². The largest absolute Gasteiger partial charge is 0.494 e. The van der Waals surface area contributed by atoms with Crippen molar-refractivity contribution in [3.8, 4) is 11.8 Å². The number of hydrogen-bond donors (Lipinski definition) is 4. The molecule has 0 fully saturated rings. The Balaban J connectivity index is 1.77. The van der Waals surface area contributed by atoms with Gasteiger partial charge in [-0.25, -0.2) is 9.36 Å². The number of hydrogen-bond acceptors (Lipinski definition) is 7. The summed E-state index contributed by atoms with van der Waals surface area (Å²) < 4.78 is 27.5. The number of aromatic nitrogens is 1. The van der Waals surface area contributed by atoms with Crippen molar-refractivity contribution in [2.75, 3.05) is 13.2 Å². The maximum absolute atomic E-state index is 11.4. The lowest BCUT2D eigenvalue weighted by molar-refractivity contribution is -0.139. The van der Waals surface area contributed by atoms with Crippen LogP contribution >= 0.6 is 7.82 Å². The molecule has 1 aromatic rings. The van der Waals surface area contributed by atoms with Gasteiger partial charge in [0.05, 0.1) is 24.3 Å². The first kappa shape index (κ1) is 19.7. The highest BCUT2D eigenvalue weighted by Crippen LogP contribution is 2.59. The van der Waals surface area contributed by atoms with Crippen LogP contribution in [0, 0.1) is 0 Å². The molecule has 0 radical (unpaired) electrons. The molecule has 0 aromatic carbocycles. The van der Waals surface area contributed by atoms with E-state index in [4.69, 9.17) is 19.3 Å². The molecular weight excluding hydrogens is 381 g/mol. The van der Waals surface area contributed by atoms with Crippen molar-refractivity contribution < 1.29 is 43.4 Å². The molecule has 1 aromatic heterocycles. The van der Waals surface area contributed by atoms with Gasteiger partial charge < -0.3 is 29.5 Å². The Morgan fingerprint density at radius 3 is 2.74 bits per heavy atom. The summed E-state index contributed by atoms with van der Waals surface area (Å²) in [6, 6.07) is 0. The van der Waals surface area contributed by atoms with Crippen molar-refractivity contribution in [1.29, 1.82) is 0 Å². The third-order valence-electron chi connectivity index (χ3n) is 4.39. The van der Waals surface area contributed by atoms with Gasteiger partial charge in [0.25, 0.3) is 0 Å². The zero-order valence-corrected chi connectivity index (χ0v) is 15.4. The van der Waals surface area contributed by atoms with Gasteiger partial charge in [0.2, 0.25) is 11.8 Å². The third-order valence-corrected chi connectivity index (χ3v) is 4.85. The van der Waals surface area contributed by atoms with E-state index in [0.717, 1.165) is 0 Å². The van der Waals surface area contributed by atoms with E-state index in [9.17, 15) is 19.6 Å². The molecule has 11 heteroatoms. The smallest absolute Gasteiger partial charge is 0.469 e. The number of nitrogens with zero attached hydrogens (tertiary/aromatic N) is 1. The maximum Gasteiger partial charge on any atom is 0.469 e. The molecule has 27 heavy (non-hydrogen) atoms. The van der Waals surface area contributed by atoms with Crippen LogP contribution in [0.2, 0.25) is 0 Å². The lowest BCUT2D eigenvalue weighted by Gasteiger charge is -2.24. The van der Waals surface area contributed by atoms with Crippen LogP contribution in [-0.4, -0.2) is 43.8 Å². The van der Waals surface area contributed by atoms with Crippen molar-refractivity contribution in [3.05, 3.63) is 35.4 Å². The molecule has 10 nitrogen and oxygen atoms in total. The molecule has 2 unspecified atom stereocenters. The number of carbonyl (C=O) groups excluding carboxylic acids is 1. The molecule has 0 saturated carbocycles. The van der Waals surface area contributed by atoms with Crippen molar-refractivity contribution >= 4 is 13.8 Å². The van der Waals surface area contributed by atoms with Crippen molar-refractivity contribution in [1.82, 2.24) is 4.57 Å². The highest BCUT2D eigenvalue weighted by Gasteiger charge is 2.53. The fourth-order valence-electron chi connectivity index (χ4n) is 3.20. The van der Waals surface area contributed by atoms with Gasteiger partial charge in [-0.15, -0.1) is 0 Å². The van der Waals surface area contributed by atoms with Crippen LogP contribution < -0.4 is 0 Å². The van der Waals surface area contributed by atoms with E-state index in [1.54, 1.807) is 6.08 Å². The molecule has 4 N–H and O–H groups in total. The Bertz CT molecular complexity index is 868. The van der Waals surface area contributed by atoms with Crippen LogP contribution in [0.15, 0.2) is 24.3 Å². The quantitative estimate of drug-likeness (QED) is 0.167. The first-order valence-corrected chi connectivity index (χ1v) is 9.63. The molecule has 0 aliphatic carbocycles. The van der Waals surface area contributed by atoms with E-state index < -0.39 is 32.1 Å². The van der Waals surface area contributed by atoms with Crippen molar-refractivity contribution in [2.24, 2.45) is 0 Å². The Morgan fingerprint density at radius 2 is 2.11 bits per heavy atom. The van der Waals surface area contributed by atoms with Crippen LogP contribution in [0.1, 0.15) is 30.6 Å². The molecule has 148 valence electrons. The predicted molar refractivity (Wildman–Crippen MR) is 90.8 cm³/mol. The summed E-state index contributed by atoms with van der Waals surface area (Å²) in [6.07, 6.45) is 2.81. The molecule has 2 aliphatic rings. The van der Waals surface area contributed by atoms with Crippen LogP contribution in [0.5, 0.6) is 11.8 Å². The van der Waals surface area contributed by atoms with Gasteiger partial charge in [0.1, 0.15) is 11.7 Å². The lowest BCUT2D eigenvalue weighted by Crippen LogP contribution is -2.27. The Kier molecular flexibility index (Phi) is 4.96. The number of carbonyl (C=O) groups is 1. The molecule has 0 spiro atoms. The highest BCUT2D eigenvalue weighted by atomic mass is 31.2. The number of aromatic hydroxyl groups is 2. The summed E-state index contributed by atoms with van der Waals surface area (Å²) in [5.41, 5.74) is -0.587. The van der Waals surface area contributed by atoms with E-state index in [-0.39, 0.29) is 36.0 Å². The number of ether oxygens (including phenoxy) is 2. The summed E-state index contributed by atoms with van der Waals surface area (Å²) in [5.74, 6) is -1.04. The fourth-order valence-corrected chi connectivity index (χ4v) is 3.56. The van der Waals surface area contributed by atoms with E-state index in [1.807, 2.05) is 0 Å². The van der Waals surface area contributed by atoms with E-state index in [2.05, 4.69) is 11.1 Å². The number of phosphoric ester groups is 1. The minimum Gasteiger partial charge on any atom is -0.494 e. The van der Waals surface area contributed by atoms with Gasteiger partial charge in [0, 0.05) is 12.1 Å². The maximum atomic E-state index is 11.4. The monoisotopic (exact) mass is 401 g/mol. The summed E-state index contributed by atoms with van der Waals surface area (Å²) >= 11 is 0. The number of phosphoric acid groups is 1. The van der Waals surface area contributed by atoms with Gasteiger partial charge in [-0.2, -0.15) is 0 Å². The Morgan fingerprint density at radius 1 is 1.41 bits per heavy atom. The normalized spacial score (nSPS) is 22.9. The first-order chi connectivity index (χ1) is 12.6. The molecule has 2 bridgehead atoms. The summed E-state index contributed by atoms with van der Waals surface area (Å²) in [6.45, 7) is 4.69. The molecular formula is C16H20NO9P. The lowest BCUT2D eigenvalue weighted by atomic mass is 9.90. The second-order valence-corrected chi connectivity index (χ2v) is 7.65. The van der Waals surface area contributed by atoms with Crippen molar-refractivity contribution in [3.63, 3.8) is 0 Å². The molecule has 2 aliphatic heterocycles. The minimum atomic E-state index is -4.75. The molecule has 0 saturated heterocycles. The standard InChI is InChI=1S/C16H20NO9P/c1-9(2)15(20)24-7-3-6-17-13(18)11-10-4-5-16(26-10,12(11)14(17)19)8-25-27(21,22)23/h4-5,10,18-19H,1,3,6-8H2,2H3,(H2,21,22,23). The van der Waals surface area contributed by atoms with E-state index >= 15 is 0 Å². The van der Waals surface area contributed by atoms with Crippen LogP contribution in [-0.2, 0) is 35.5 Å². The van der Waals surface area contributed by atoms with Crippen LogP contribution in [0.4, 0.5) is 0 Å². The Hall–Kier alpha value is -2.10. The second kappa shape index (κ2) is 6.81. The molecule has 2 atom stereocenters. The first-order valence-electron chi connectivity index (χ1n) is 8.10. The van der Waals surface area contributed by atoms with Gasteiger partial charge in [0.15, 0.2) is 0 Å². The van der Waals surface area contributed by atoms with Gasteiger partial charge >= 0.3 is 13.8 Å². The number of esters is 1. The van der Waals surface area contributed by atoms with Gasteiger partial charge in [-0.1, -0.05) is 12.7 Å². The summed E-state index contributed by atoms with van der Waals surface area (Å²) in [4.78, 5) is 29.3. The predicted octanol–water partition coefficient (Wildman–Crippen LogP) is 1.35. The molecule has 0 amide bonds. The highest BCUT2D eigenvalue weighted by molar-refractivity contribution is 7.46. The topological polar surface area (TPSA) is 148 Å². The van der Waals surface area contributed by atoms with Gasteiger partial charge in [-0.05, 0) is 19.4 Å². The van der Waals surface area contributed by atoms with Crippen LogP contribution in [0.25, 0.3) is 0 Å². The Labute approximate surface area is 154 Å². The zero-order valence-electron chi connectivity index (χ0n) is 14.5. The number of rotatable bonds is 8.